The van der Waals surface area contributed by atoms with Crippen LogP contribution in [-0.4, -0.2) is 48.5 Å². The number of rotatable bonds is 5. The number of piperazine rings is 1. The van der Waals surface area contributed by atoms with E-state index in [1.807, 2.05) is 42.2 Å². The minimum atomic E-state index is 0.0566. The molecule has 0 aliphatic carbocycles. The monoisotopic (exact) mass is 402 g/mol. The first-order valence-electron chi connectivity index (χ1n) is 8.55. The summed E-state index contributed by atoms with van der Waals surface area (Å²) in [6.45, 7) is 6.31. The molecule has 1 aliphatic rings. The molecule has 1 amide bonds. The van der Waals surface area contributed by atoms with Gasteiger partial charge in [0.05, 0.1) is 0 Å². The molecule has 2 aromatic carbocycles. The number of aryl methyl sites for hydroxylation is 1. The number of ether oxygens (including phenoxy) is 1. The maximum absolute atomic E-state index is 12.3. The highest BCUT2D eigenvalue weighted by atomic mass is 79.9. The average molecular weight is 403 g/mol. The molecule has 1 heterocycles. The number of carbonyl (C=O) groups excluding carboxylic acids is 1. The van der Waals surface area contributed by atoms with Gasteiger partial charge in [0.1, 0.15) is 5.75 Å². The predicted molar refractivity (Wildman–Crippen MR) is 103 cm³/mol. The van der Waals surface area contributed by atoms with Crippen LogP contribution >= 0.6 is 15.9 Å². The molecule has 0 unspecified atom stereocenters. The zero-order valence-electron chi connectivity index (χ0n) is 14.5. The molecular weight excluding hydrogens is 380 g/mol. The zero-order valence-corrected chi connectivity index (χ0v) is 16.0. The molecule has 2 aromatic rings. The Kier molecular flexibility index (Phi) is 6.10. The van der Waals surface area contributed by atoms with Gasteiger partial charge >= 0.3 is 0 Å². The molecule has 1 aliphatic heterocycles. The van der Waals surface area contributed by atoms with E-state index in [4.69, 9.17) is 4.74 Å². The Hall–Kier alpha value is -1.85. The maximum Gasteiger partial charge on any atom is 0.260 e. The van der Waals surface area contributed by atoms with E-state index in [1.54, 1.807) is 0 Å². The van der Waals surface area contributed by atoms with E-state index >= 15 is 0 Å². The minimum absolute atomic E-state index is 0.0566. The van der Waals surface area contributed by atoms with Crippen LogP contribution in [0.5, 0.6) is 5.75 Å². The Balaban J connectivity index is 1.44. The SMILES string of the molecule is Cc1ccc(OCC(=O)N2CCN(Cc3ccccc3Br)CC2)cc1. The summed E-state index contributed by atoms with van der Waals surface area (Å²) in [7, 11) is 0. The van der Waals surface area contributed by atoms with Crippen molar-refractivity contribution in [2.75, 3.05) is 32.8 Å². The first kappa shape index (κ1) is 18.0. The number of nitrogens with zero attached hydrogens (tertiary/aromatic N) is 2. The third-order valence-electron chi connectivity index (χ3n) is 4.46. The molecule has 0 bridgehead atoms. The Morgan fingerprint density at radius 2 is 1.72 bits per heavy atom. The topological polar surface area (TPSA) is 32.8 Å². The molecule has 0 N–H and O–H groups in total. The number of hydrogen-bond donors (Lipinski definition) is 0. The number of carbonyl (C=O) groups is 1. The second kappa shape index (κ2) is 8.50. The summed E-state index contributed by atoms with van der Waals surface area (Å²) >= 11 is 3.60. The van der Waals surface area contributed by atoms with Gasteiger partial charge in [0.2, 0.25) is 0 Å². The molecule has 3 rings (SSSR count). The van der Waals surface area contributed by atoms with Crippen molar-refractivity contribution in [1.29, 1.82) is 0 Å². The molecule has 0 spiro atoms. The largest absolute Gasteiger partial charge is 0.484 e. The number of benzene rings is 2. The summed E-state index contributed by atoms with van der Waals surface area (Å²) in [6, 6.07) is 16.1. The van der Waals surface area contributed by atoms with Crippen molar-refractivity contribution in [1.82, 2.24) is 9.80 Å². The Morgan fingerprint density at radius 1 is 1.04 bits per heavy atom. The van der Waals surface area contributed by atoms with Gasteiger partial charge in [0.15, 0.2) is 6.61 Å². The van der Waals surface area contributed by atoms with Crippen LogP contribution in [0, 0.1) is 6.92 Å². The molecule has 4 nitrogen and oxygen atoms in total. The van der Waals surface area contributed by atoms with Crippen LogP contribution in [0.15, 0.2) is 53.0 Å². The third-order valence-corrected chi connectivity index (χ3v) is 5.23. The van der Waals surface area contributed by atoms with Crippen LogP contribution in [0.4, 0.5) is 0 Å². The summed E-state index contributed by atoms with van der Waals surface area (Å²) in [6.07, 6.45) is 0. The van der Waals surface area contributed by atoms with Crippen LogP contribution in [0.25, 0.3) is 0 Å². The molecule has 1 fully saturated rings. The van der Waals surface area contributed by atoms with Gasteiger partial charge in [-0.2, -0.15) is 0 Å². The summed E-state index contributed by atoms with van der Waals surface area (Å²) in [5.41, 5.74) is 2.46. The van der Waals surface area contributed by atoms with Crippen molar-refractivity contribution in [3.05, 3.63) is 64.1 Å². The van der Waals surface area contributed by atoms with E-state index in [2.05, 4.69) is 39.0 Å². The second-order valence-corrected chi connectivity index (χ2v) is 7.20. The van der Waals surface area contributed by atoms with E-state index in [9.17, 15) is 4.79 Å². The van der Waals surface area contributed by atoms with Gasteiger partial charge in [-0.1, -0.05) is 51.8 Å². The summed E-state index contributed by atoms with van der Waals surface area (Å²) in [4.78, 5) is 16.6. The molecule has 132 valence electrons. The normalized spacial score (nSPS) is 15.2. The van der Waals surface area contributed by atoms with Gasteiger partial charge < -0.3 is 9.64 Å². The zero-order chi connectivity index (χ0) is 17.6. The van der Waals surface area contributed by atoms with Gasteiger partial charge in [-0.05, 0) is 30.7 Å². The standard InChI is InChI=1S/C20H23BrN2O2/c1-16-6-8-18(9-7-16)25-15-20(24)23-12-10-22(11-13-23)14-17-4-2-3-5-19(17)21/h2-9H,10-15H2,1H3. The van der Waals surface area contributed by atoms with Gasteiger partial charge in [0.25, 0.3) is 5.91 Å². The maximum atomic E-state index is 12.3. The van der Waals surface area contributed by atoms with Crippen LogP contribution in [0.2, 0.25) is 0 Å². The van der Waals surface area contributed by atoms with Crippen LogP contribution in [0.1, 0.15) is 11.1 Å². The van der Waals surface area contributed by atoms with Crippen molar-refractivity contribution < 1.29 is 9.53 Å². The van der Waals surface area contributed by atoms with Gasteiger partial charge in [-0.25, -0.2) is 0 Å². The van der Waals surface area contributed by atoms with Gasteiger partial charge in [-0.15, -0.1) is 0 Å². The van der Waals surface area contributed by atoms with Gasteiger partial charge in [0, 0.05) is 37.2 Å². The van der Waals surface area contributed by atoms with Crippen molar-refractivity contribution in [2.45, 2.75) is 13.5 Å². The first-order valence-corrected chi connectivity index (χ1v) is 9.34. The highest BCUT2D eigenvalue weighted by Crippen LogP contribution is 2.18. The quantitative estimate of drug-likeness (QED) is 0.767. The van der Waals surface area contributed by atoms with Crippen molar-refractivity contribution >= 4 is 21.8 Å². The molecular formula is C20H23BrN2O2. The van der Waals surface area contributed by atoms with E-state index in [-0.39, 0.29) is 12.5 Å². The minimum Gasteiger partial charge on any atom is -0.484 e. The molecule has 0 atom stereocenters. The summed E-state index contributed by atoms with van der Waals surface area (Å²) in [5.74, 6) is 0.799. The fourth-order valence-electron chi connectivity index (χ4n) is 2.89. The van der Waals surface area contributed by atoms with Crippen molar-refractivity contribution in [2.24, 2.45) is 0 Å². The number of amides is 1. The lowest BCUT2D eigenvalue weighted by molar-refractivity contribution is -0.135. The molecule has 25 heavy (non-hydrogen) atoms. The van der Waals surface area contributed by atoms with Crippen molar-refractivity contribution in [3.63, 3.8) is 0 Å². The molecule has 0 aromatic heterocycles. The molecule has 5 heteroatoms. The van der Waals surface area contributed by atoms with E-state index < -0.39 is 0 Å². The lowest BCUT2D eigenvalue weighted by Gasteiger charge is -2.34. The highest BCUT2D eigenvalue weighted by molar-refractivity contribution is 9.10. The summed E-state index contributed by atoms with van der Waals surface area (Å²) in [5, 5.41) is 0. The Labute approximate surface area is 157 Å². The Morgan fingerprint density at radius 3 is 2.40 bits per heavy atom. The number of halogens is 1. The van der Waals surface area contributed by atoms with Gasteiger partial charge in [-0.3, -0.25) is 9.69 Å². The van der Waals surface area contributed by atoms with E-state index in [0.717, 1.165) is 42.9 Å². The first-order chi connectivity index (χ1) is 12.1. The van der Waals surface area contributed by atoms with Crippen LogP contribution in [0.3, 0.4) is 0 Å². The average Bonchev–Trinajstić information content (AvgIpc) is 2.63. The second-order valence-electron chi connectivity index (χ2n) is 6.35. The third kappa shape index (κ3) is 5.06. The smallest absolute Gasteiger partial charge is 0.260 e. The van der Waals surface area contributed by atoms with Crippen molar-refractivity contribution in [3.8, 4) is 5.75 Å². The van der Waals surface area contributed by atoms with Crippen LogP contribution < -0.4 is 4.74 Å². The van der Waals surface area contributed by atoms with E-state index in [0.29, 0.717) is 0 Å². The fraction of sp³-hybridized carbons (Fsp3) is 0.350. The Bertz CT molecular complexity index is 710. The lowest BCUT2D eigenvalue weighted by atomic mass is 10.2. The van der Waals surface area contributed by atoms with Crippen LogP contribution in [-0.2, 0) is 11.3 Å². The lowest BCUT2D eigenvalue weighted by Crippen LogP contribution is -2.49. The van der Waals surface area contributed by atoms with E-state index in [1.165, 1.54) is 11.1 Å². The number of hydrogen-bond acceptors (Lipinski definition) is 3. The summed E-state index contributed by atoms with van der Waals surface area (Å²) < 4.78 is 6.74. The highest BCUT2D eigenvalue weighted by Gasteiger charge is 2.21. The fourth-order valence-corrected chi connectivity index (χ4v) is 3.30. The molecule has 1 saturated heterocycles. The molecule has 0 saturated carbocycles. The molecule has 0 radical (unpaired) electrons. The predicted octanol–water partition coefficient (Wildman–Crippen LogP) is 3.48.